The number of thiophene rings is 1. The summed E-state index contributed by atoms with van der Waals surface area (Å²) >= 11 is 1.63. The van der Waals surface area contributed by atoms with Crippen LogP contribution in [0.1, 0.15) is 11.5 Å². The van der Waals surface area contributed by atoms with Crippen molar-refractivity contribution < 1.29 is 5.11 Å². The number of hydrogen-bond donors (Lipinski definition) is 1. The maximum absolute atomic E-state index is 9.35. The lowest BCUT2D eigenvalue weighted by atomic mass is 10.1. The highest BCUT2D eigenvalue weighted by atomic mass is 32.1. The fourth-order valence-corrected chi connectivity index (χ4v) is 3.07. The Labute approximate surface area is 109 Å². The molecule has 0 amide bonds. The molecule has 0 spiro atoms. The molecule has 1 N–H and O–H groups in total. The minimum absolute atomic E-state index is 0.0508. The maximum Gasteiger partial charge on any atom is 0.127 e. The first-order valence-corrected chi connectivity index (χ1v) is 6.53. The number of aliphatic hydroxyl groups excluding tert-OH is 1. The van der Waals surface area contributed by atoms with Gasteiger partial charge in [-0.25, -0.2) is 9.97 Å². The van der Waals surface area contributed by atoms with Gasteiger partial charge in [-0.15, -0.1) is 11.3 Å². The highest BCUT2D eigenvalue weighted by molar-refractivity contribution is 7.21. The SMILES string of the molecule is Cc1nc(CO)c2cc(-c3ccccc3)sc2n1. The molecule has 0 unspecified atom stereocenters. The average molecular weight is 256 g/mol. The third-order valence-corrected chi connectivity index (χ3v) is 3.87. The summed E-state index contributed by atoms with van der Waals surface area (Å²) in [6.45, 7) is 1.80. The molecule has 0 fully saturated rings. The molecule has 4 heteroatoms. The lowest BCUT2D eigenvalue weighted by Crippen LogP contribution is -1.94. The van der Waals surface area contributed by atoms with Crippen LogP contribution in [0.5, 0.6) is 0 Å². The van der Waals surface area contributed by atoms with Crippen LogP contribution < -0.4 is 0 Å². The molecular weight excluding hydrogens is 244 g/mol. The third-order valence-electron chi connectivity index (χ3n) is 2.79. The second kappa shape index (κ2) is 4.48. The van der Waals surface area contributed by atoms with E-state index in [1.165, 1.54) is 5.56 Å². The number of fused-ring (bicyclic) bond motifs is 1. The van der Waals surface area contributed by atoms with Gasteiger partial charge >= 0.3 is 0 Å². The lowest BCUT2D eigenvalue weighted by molar-refractivity contribution is 0.278. The quantitative estimate of drug-likeness (QED) is 0.766. The molecule has 1 aromatic carbocycles. The standard InChI is InChI=1S/C14H12N2OS/c1-9-15-12(8-17)11-7-13(18-14(11)16-9)10-5-3-2-4-6-10/h2-7,17H,8H2,1H3. The summed E-state index contributed by atoms with van der Waals surface area (Å²) in [6.07, 6.45) is 0. The van der Waals surface area contributed by atoms with Crippen LogP contribution in [0.15, 0.2) is 36.4 Å². The predicted octanol–water partition coefficient (Wildman–Crippen LogP) is 3.16. The number of nitrogens with zero attached hydrogens (tertiary/aromatic N) is 2. The molecule has 0 bridgehead atoms. The van der Waals surface area contributed by atoms with Gasteiger partial charge in [-0.3, -0.25) is 0 Å². The first-order chi connectivity index (χ1) is 8.78. The van der Waals surface area contributed by atoms with E-state index in [1.54, 1.807) is 11.3 Å². The molecule has 0 atom stereocenters. The number of aliphatic hydroxyl groups is 1. The van der Waals surface area contributed by atoms with Crippen molar-refractivity contribution in [1.82, 2.24) is 9.97 Å². The number of aryl methyl sites for hydroxylation is 1. The summed E-state index contributed by atoms with van der Waals surface area (Å²) in [5.74, 6) is 0.702. The minimum Gasteiger partial charge on any atom is -0.390 e. The van der Waals surface area contributed by atoms with Gasteiger partial charge in [0.2, 0.25) is 0 Å². The van der Waals surface area contributed by atoms with E-state index >= 15 is 0 Å². The van der Waals surface area contributed by atoms with Gasteiger partial charge in [0.1, 0.15) is 10.7 Å². The molecule has 0 aliphatic rings. The molecule has 0 aliphatic heterocycles. The predicted molar refractivity (Wildman–Crippen MR) is 73.5 cm³/mol. The molecule has 90 valence electrons. The van der Waals surface area contributed by atoms with E-state index in [-0.39, 0.29) is 6.61 Å². The molecule has 3 aromatic rings. The molecule has 18 heavy (non-hydrogen) atoms. The number of hydrogen-bond acceptors (Lipinski definition) is 4. The summed E-state index contributed by atoms with van der Waals surface area (Å²) in [7, 11) is 0. The lowest BCUT2D eigenvalue weighted by Gasteiger charge is -1.98. The fraction of sp³-hybridized carbons (Fsp3) is 0.143. The van der Waals surface area contributed by atoms with E-state index in [0.717, 1.165) is 15.1 Å². The Morgan fingerprint density at radius 1 is 1.17 bits per heavy atom. The van der Waals surface area contributed by atoms with Crippen molar-refractivity contribution in [2.45, 2.75) is 13.5 Å². The van der Waals surface area contributed by atoms with Gasteiger partial charge in [0.05, 0.1) is 12.3 Å². The Morgan fingerprint density at radius 2 is 1.94 bits per heavy atom. The molecule has 0 saturated heterocycles. The van der Waals surface area contributed by atoms with Crippen molar-refractivity contribution in [2.75, 3.05) is 0 Å². The Bertz CT molecular complexity index is 692. The molecule has 2 aromatic heterocycles. The van der Waals surface area contributed by atoms with Crippen LogP contribution in [-0.2, 0) is 6.61 Å². The smallest absolute Gasteiger partial charge is 0.127 e. The average Bonchev–Trinajstić information content (AvgIpc) is 2.82. The van der Waals surface area contributed by atoms with E-state index < -0.39 is 0 Å². The van der Waals surface area contributed by atoms with E-state index in [4.69, 9.17) is 0 Å². The summed E-state index contributed by atoms with van der Waals surface area (Å²) in [5.41, 5.74) is 1.87. The fourth-order valence-electron chi connectivity index (χ4n) is 1.96. The number of aromatic nitrogens is 2. The van der Waals surface area contributed by atoms with Crippen LogP contribution in [0.2, 0.25) is 0 Å². The van der Waals surface area contributed by atoms with Crippen LogP contribution >= 0.6 is 11.3 Å². The highest BCUT2D eigenvalue weighted by Gasteiger charge is 2.10. The van der Waals surface area contributed by atoms with E-state index in [1.807, 2.05) is 25.1 Å². The van der Waals surface area contributed by atoms with Crippen LogP contribution in [0, 0.1) is 6.92 Å². The zero-order valence-corrected chi connectivity index (χ0v) is 10.7. The van der Waals surface area contributed by atoms with Gasteiger partial charge in [-0.05, 0) is 18.6 Å². The first-order valence-electron chi connectivity index (χ1n) is 5.71. The van der Waals surface area contributed by atoms with Crippen molar-refractivity contribution in [3.63, 3.8) is 0 Å². The number of benzene rings is 1. The topological polar surface area (TPSA) is 46.0 Å². The summed E-state index contributed by atoms with van der Waals surface area (Å²) in [6, 6.07) is 12.2. The molecule has 0 radical (unpaired) electrons. The Morgan fingerprint density at radius 3 is 2.67 bits per heavy atom. The second-order valence-corrected chi connectivity index (χ2v) is 5.10. The molecule has 2 heterocycles. The van der Waals surface area contributed by atoms with Gasteiger partial charge < -0.3 is 5.11 Å². The van der Waals surface area contributed by atoms with Gasteiger partial charge in [0.15, 0.2) is 0 Å². The van der Waals surface area contributed by atoms with Gasteiger partial charge in [-0.1, -0.05) is 30.3 Å². The molecule has 3 rings (SSSR count). The zero-order valence-electron chi connectivity index (χ0n) is 9.92. The van der Waals surface area contributed by atoms with Crippen molar-refractivity contribution in [2.24, 2.45) is 0 Å². The largest absolute Gasteiger partial charge is 0.390 e. The highest BCUT2D eigenvalue weighted by Crippen LogP contribution is 2.33. The van der Waals surface area contributed by atoms with Crippen molar-refractivity contribution >= 4 is 21.6 Å². The van der Waals surface area contributed by atoms with Crippen molar-refractivity contribution in [3.8, 4) is 10.4 Å². The van der Waals surface area contributed by atoms with Crippen LogP contribution in [-0.4, -0.2) is 15.1 Å². The van der Waals surface area contributed by atoms with Crippen molar-refractivity contribution in [3.05, 3.63) is 47.9 Å². The van der Waals surface area contributed by atoms with E-state index in [9.17, 15) is 5.11 Å². The normalized spacial score (nSPS) is 11.0. The molecule has 3 nitrogen and oxygen atoms in total. The van der Waals surface area contributed by atoms with Gasteiger partial charge in [0, 0.05) is 10.3 Å². The van der Waals surface area contributed by atoms with E-state index in [2.05, 4.69) is 28.2 Å². The van der Waals surface area contributed by atoms with Crippen LogP contribution in [0.25, 0.3) is 20.7 Å². The molecule has 0 aliphatic carbocycles. The second-order valence-electron chi connectivity index (χ2n) is 4.07. The molecular formula is C14H12N2OS. The monoisotopic (exact) mass is 256 g/mol. The zero-order chi connectivity index (χ0) is 12.5. The van der Waals surface area contributed by atoms with Crippen LogP contribution in [0.3, 0.4) is 0 Å². The summed E-state index contributed by atoms with van der Waals surface area (Å²) < 4.78 is 0. The maximum atomic E-state index is 9.35. The van der Waals surface area contributed by atoms with E-state index in [0.29, 0.717) is 11.5 Å². The van der Waals surface area contributed by atoms with Gasteiger partial charge in [-0.2, -0.15) is 0 Å². The van der Waals surface area contributed by atoms with Crippen molar-refractivity contribution in [1.29, 1.82) is 0 Å². The first kappa shape index (κ1) is 11.3. The van der Waals surface area contributed by atoms with Gasteiger partial charge in [0.25, 0.3) is 0 Å². The Kier molecular flexibility index (Phi) is 2.81. The Hall–Kier alpha value is -1.78. The molecule has 0 saturated carbocycles. The minimum atomic E-state index is -0.0508. The Balaban J connectivity index is 2.23. The summed E-state index contributed by atoms with van der Waals surface area (Å²) in [5, 5.41) is 10.3. The van der Waals surface area contributed by atoms with Crippen LogP contribution in [0.4, 0.5) is 0 Å². The summed E-state index contributed by atoms with van der Waals surface area (Å²) in [4.78, 5) is 10.8. The number of rotatable bonds is 2. The third kappa shape index (κ3) is 1.89.